The van der Waals surface area contributed by atoms with E-state index in [-0.39, 0.29) is 6.54 Å². The Morgan fingerprint density at radius 2 is 2.22 bits per heavy atom. The zero-order chi connectivity index (χ0) is 7.49. The number of aliphatic carboxylic acids is 1. The first kappa shape index (κ1) is 7.96. The minimum Gasteiger partial charge on any atom is -0.481 e. The van der Waals surface area contributed by atoms with E-state index in [9.17, 15) is 4.79 Å². The van der Waals surface area contributed by atoms with Crippen LogP contribution in [-0.4, -0.2) is 17.6 Å². The molecule has 0 aromatic rings. The third-order valence-corrected chi connectivity index (χ3v) is 1.05. The van der Waals surface area contributed by atoms with E-state index in [1.54, 1.807) is 0 Å². The molecule has 0 bridgehead atoms. The average Bonchev–Trinajstić information content (AvgIpc) is 1.65. The fourth-order valence-electron chi connectivity index (χ4n) is 0.265. The Morgan fingerprint density at radius 3 is 2.33 bits per heavy atom. The van der Waals surface area contributed by atoms with Crippen LogP contribution in [0.5, 0.6) is 0 Å². The molecule has 50 valence electrons. The largest absolute Gasteiger partial charge is 0.481 e. The molecule has 0 aromatic heterocycles. The van der Waals surface area contributed by atoms with Crippen molar-refractivity contribution in [1.82, 2.24) is 0 Å². The van der Waals surface area contributed by atoms with Gasteiger partial charge in [-0.3, -0.25) is 4.79 Å². The average molecular weight is 127 g/mol. The first-order valence-corrected chi connectivity index (χ1v) is 2.57. The molecule has 0 heterocycles. The second-order valence-electron chi connectivity index (χ2n) is 2.51. The van der Waals surface area contributed by atoms with Crippen LogP contribution in [0.15, 0.2) is 0 Å². The van der Waals surface area contributed by atoms with Gasteiger partial charge in [0.2, 0.25) is 6.54 Å². The van der Waals surface area contributed by atoms with Gasteiger partial charge in [0, 0.05) is 0 Å². The first-order chi connectivity index (χ1) is 4.00. The van der Waals surface area contributed by atoms with E-state index in [4.69, 9.17) is 11.7 Å². The van der Waals surface area contributed by atoms with Crippen LogP contribution < -0.4 is 0 Å². The van der Waals surface area contributed by atoms with Crippen LogP contribution in [0.4, 0.5) is 0 Å². The molecule has 0 saturated carbocycles. The highest BCUT2D eigenvalue weighted by atomic mass is 16.4. The monoisotopic (exact) mass is 127 g/mol. The topological polar surface area (TPSA) is 41.7 Å². The molecule has 0 saturated heterocycles. The molecule has 0 unspecified atom stereocenters. The third-order valence-electron chi connectivity index (χ3n) is 1.05. The molecule has 0 spiro atoms. The van der Waals surface area contributed by atoms with Crippen molar-refractivity contribution in [2.75, 3.05) is 6.54 Å². The summed E-state index contributed by atoms with van der Waals surface area (Å²) in [6.45, 7) is 9.53. The Hall–Kier alpha value is -1.04. The summed E-state index contributed by atoms with van der Waals surface area (Å²) >= 11 is 0. The molecule has 3 heteroatoms. The van der Waals surface area contributed by atoms with Crippen LogP contribution >= 0.6 is 0 Å². The van der Waals surface area contributed by atoms with E-state index in [2.05, 4.69) is 4.85 Å². The Kier molecular flexibility index (Phi) is 2.20. The van der Waals surface area contributed by atoms with E-state index in [1.807, 2.05) is 0 Å². The summed E-state index contributed by atoms with van der Waals surface area (Å²) in [4.78, 5) is 13.3. The van der Waals surface area contributed by atoms with Gasteiger partial charge in [-0.15, -0.1) is 0 Å². The Balaban J connectivity index is 4.06. The van der Waals surface area contributed by atoms with Crippen molar-refractivity contribution < 1.29 is 9.90 Å². The van der Waals surface area contributed by atoms with Gasteiger partial charge < -0.3 is 9.95 Å². The molecule has 0 radical (unpaired) electrons. The highest BCUT2D eigenvalue weighted by Crippen LogP contribution is 2.14. The predicted octanol–water partition coefficient (Wildman–Crippen LogP) is 1.02. The second-order valence-corrected chi connectivity index (χ2v) is 2.51. The van der Waals surface area contributed by atoms with Gasteiger partial charge in [0.25, 0.3) is 0 Å². The van der Waals surface area contributed by atoms with E-state index in [0.717, 1.165) is 0 Å². The van der Waals surface area contributed by atoms with Crippen LogP contribution in [0, 0.1) is 12.0 Å². The molecular formula is C6H9NO2. The molecule has 0 rings (SSSR count). The van der Waals surface area contributed by atoms with Gasteiger partial charge >= 0.3 is 5.97 Å². The zero-order valence-corrected chi connectivity index (χ0v) is 5.51. The highest BCUT2D eigenvalue weighted by Gasteiger charge is 2.30. The van der Waals surface area contributed by atoms with Crippen LogP contribution in [0.25, 0.3) is 4.85 Å². The van der Waals surface area contributed by atoms with Gasteiger partial charge in [0.1, 0.15) is 5.41 Å². The van der Waals surface area contributed by atoms with Crippen LogP contribution in [-0.2, 0) is 4.79 Å². The van der Waals surface area contributed by atoms with Gasteiger partial charge in [-0.05, 0) is 13.8 Å². The zero-order valence-electron chi connectivity index (χ0n) is 5.51. The quantitative estimate of drug-likeness (QED) is 0.562. The smallest absolute Gasteiger partial charge is 0.316 e. The van der Waals surface area contributed by atoms with Crippen molar-refractivity contribution in [3.8, 4) is 0 Å². The number of carboxylic acids is 1. The summed E-state index contributed by atoms with van der Waals surface area (Å²) in [6.07, 6.45) is 0. The minimum absolute atomic E-state index is 0.0440. The fourth-order valence-corrected chi connectivity index (χ4v) is 0.265. The lowest BCUT2D eigenvalue weighted by molar-refractivity contribution is -0.145. The molecule has 0 atom stereocenters. The molecule has 0 fully saturated rings. The Labute approximate surface area is 54.1 Å². The van der Waals surface area contributed by atoms with Crippen molar-refractivity contribution in [2.45, 2.75) is 13.8 Å². The van der Waals surface area contributed by atoms with Crippen molar-refractivity contribution in [3.63, 3.8) is 0 Å². The molecule has 0 amide bonds. The van der Waals surface area contributed by atoms with Gasteiger partial charge in [-0.1, -0.05) is 0 Å². The van der Waals surface area contributed by atoms with Crippen molar-refractivity contribution >= 4 is 5.97 Å². The summed E-state index contributed by atoms with van der Waals surface area (Å²) in [5.41, 5.74) is -0.887. The number of nitrogens with zero attached hydrogens (tertiary/aromatic N) is 1. The van der Waals surface area contributed by atoms with E-state index in [0.29, 0.717) is 0 Å². The molecule has 3 nitrogen and oxygen atoms in total. The van der Waals surface area contributed by atoms with Crippen molar-refractivity contribution in [1.29, 1.82) is 0 Å². The molecular weight excluding hydrogens is 118 g/mol. The Morgan fingerprint density at radius 1 is 1.78 bits per heavy atom. The van der Waals surface area contributed by atoms with E-state index < -0.39 is 11.4 Å². The summed E-state index contributed by atoms with van der Waals surface area (Å²) in [6, 6.07) is 0. The summed E-state index contributed by atoms with van der Waals surface area (Å²) < 4.78 is 0. The molecule has 0 aliphatic heterocycles. The summed E-state index contributed by atoms with van der Waals surface area (Å²) in [5, 5.41) is 8.43. The Bertz CT molecular complexity index is 155. The molecule has 9 heavy (non-hydrogen) atoms. The lowest BCUT2D eigenvalue weighted by atomic mass is 9.94. The maximum atomic E-state index is 10.3. The number of carbonyl (C=O) groups is 1. The summed E-state index contributed by atoms with van der Waals surface area (Å²) in [5.74, 6) is -0.918. The predicted molar refractivity (Wildman–Crippen MR) is 32.9 cm³/mol. The number of carboxylic acid groups (broad SMARTS) is 1. The van der Waals surface area contributed by atoms with Gasteiger partial charge in [0.15, 0.2) is 0 Å². The maximum absolute atomic E-state index is 10.3. The molecule has 0 aliphatic carbocycles. The van der Waals surface area contributed by atoms with Crippen LogP contribution in [0.1, 0.15) is 13.8 Å². The molecule has 0 aromatic carbocycles. The van der Waals surface area contributed by atoms with Gasteiger partial charge in [-0.25, -0.2) is 6.57 Å². The fraction of sp³-hybridized carbons (Fsp3) is 0.667. The highest BCUT2D eigenvalue weighted by molar-refractivity contribution is 5.74. The lowest BCUT2D eigenvalue weighted by Crippen LogP contribution is -2.25. The summed E-state index contributed by atoms with van der Waals surface area (Å²) in [7, 11) is 0. The number of hydrogen-bond donors (Lipinski definition) is 1. The van der Waals surface area contributed by atoms with E-state index in [1.165, 1.54) is 13.8 Å². The second kappa shape index (κ2) is 2.49. The van der Waals surface area contributed by atoms with Gasteiger partial charge in [0.05, 0.1) is 0 Å². The van der Waals surface area contributed by atoms with Crippen LogP contribution in [0.2, 0.25) is 0 Å². The SMILES string of the molecule is [C-]#[N+]CC(C)(C)C(=O)O. The lowest BCUT2D eigenvalue weighted by Gasteiger charge is -2.09. The van der Waals surface area contributed by atoms with E-state index >= 15 is 0 Å². The molecule has 0 aliphatic rings. The van der Waals surface area contributed by atoms with Gasteiger partial charge in [-0.2, -0.15) is 0 Å². The van der Waals surface area contributed by atoms with Crippen LogP contribution in [0.3, 0.4) is 0 Å². The van der Waals surface area contributed by atoms with Crippen molar-refractivity contribution in [3.05, 3.63) is 11.4 Å². The minimum atomic E-state index is -0.918. The molecule has 1 N–H and O–H groups in total. The number of rotatable bonds is 2. The first-order valence-electron chi connectivity index (χ1n) is 2.57. The maximum Gasteiger partial charge on any atom is 0.316 e. The normalized spacial score (nSPS) is 10.3. The standard InChI is InChI=1S/C6H9NO2/c1-6(2,4-7-3)5(8)9/h4H2,1-2H3,(H,8,9). The third kappa shape index (κ3) is 2.13. The number of hydrogen-bond acceptors (Lipinski definition) is 1. The van der Waals surface area contributed by atoms with Crippen molar-refractivity contribution in [2.24, 2.45) is 5.41 Å².